The summed E-state index contributed by atoms with van der Waals surface area (Å²) in [5.41, 5.74) is 0. The molecule has 0 aromatic rings. The van der Waals surface area contributed by atoms with E-state index in [0.717, 1.165) is 19.5 Å². The van der Waals surface area contributed by atoms with Gasteiger partial charge < -0.3 is 20.1 Å². The Morgan fingerprint density at radius 1 is 1.46 bits per heavy atom. The lowest BCUT2D eigenvalue weighted by atomic mass is 10.4. The second-order valence-corrected chi connectivity index (χ2v) is 3.29. The second-order valence-electron chi connectivity index (χ2n) is 3.29. The first kappa shape index (κ1) is 12.8. The van der Waals surface area contributed by atoms with Crippen LogP contribution < -0.4 is 5.32 Å². The summed E-state index contributed by atoms with van der Waals surface area (Å²) < 4.78 is 5.17. The van der Waals surface area contributed by atoms with Crippen molar-refractivity contribution in [2.45, 2.75) is 19.6 Å². The molecule has 0 aliphatic rings. The van der Waals surface area contributed by atoms with Gasteiger partial charge in [-0.3, -0.25) is 0 Å². The summed E-state index contributed by atoms with van der Waals surface area (Å²) in [7, 11) is 3.82. The standard InChI is InChI=1S/C9H22N2O2/c1-4-10-6-5-7-13-9(12)8-11(2)3/h9-10,12H,4-8H2,1-3H3. The predicted molar refractivity (Wildman–Crippen MR) is 53.7 cm³/mol. The third-order valence-corrected chi connectivity index (χ3v) is 1.58. The number of aliphatic hydroxyl groups excluding tert-OH is 1. The van der Waals surface area contributed by atoms with Crippen LogP contribution in [0.2, 0.25) is 0 Å². The number of aliphatic hydroxyl groups is 1. The lowest BCUT2D eigenvalue weighted by molar-refractivity contribution is -0.108. The van der Waals surface area contributed by atoms with Gasteiger partial charge in [0.15, 0.2) is 6.29 Å². The van der Waals surface area contributed by atoms with E-state index < -0.39 is 6.29 Å². The molecule has 4 nitrogen and oxygen atoms in total. The molecular weight excluding hydrogens is 168 g/mol. The molecule has 4 heteroatoms. The quantitative estimate of drug-likeness (QED) is 0.414. The molecule has 0 spiro atoms. The summed E-state index contributed by atoms with van der Waals surface area (Å²) in [6, 6.07) is 0. The molecule has 0 heterocycles. The molecular formula is C9H22N2O2. The summed E-state index contributed by atoms with van der Waals surface area (Å²) in [6.45, 7) is 5.18. The Labute approximate surface area is 80.9 Å². The fraction of sp³-hybridized carbons (Fsp3) is 1.00. The Morgan fingerprint density at radius 2 is 2.15 bits per heavy atom. The average molecular weight is 190 g/mol. The van der Waals surface area contributed by atoms with Crippen molar-refractivity contribution < 1.29 is 9.84 Å². The van der Waals surface area contributed by atoms with Gasteiger partial charge in [0.05, 0.1) is 6.61 Å². The van der Waals surface area contributed by atoms with E-state index in [4.69, 9.17) is 4.74 Å². The Bertz CT molecular complexity index is 110. The molecule has 0 rings (SSSR count). The van der Waals surface area contributed by atoms with Crippen molar-refractivity contribution in [2.24, 2.45) is 0 Å². The Kier molecular flexibility index (Phi) is 8.33. The monoisotopic (exact) mass is 190 g/mol. The normalized spacial score (nSPS) is 13.6. The Hall–Kier alpha value is -0.160. The van der Waals surface area contributed by atoms with Crippen LogP contribution in [0.25, 0.3) is 0 Å². The summed E-state index contributed by atoms with van der Waals surface area (Å²) in [6.07, 6.45) is 0.287. The first-order chi connectivity index (χ1) is 6.16. The van der Waals surface area contributed by atoms with E-state index in [1.54, 1.807) is 0 Å². The number of hydrogen-bond acceptors (Lipinski definition) is 4. The van der Waals surface area contributed by atoms with Crippen molar-refractivity contribution in [2.75, 3.05) is 40.3 Å². The van der Waals surface area contributed by atoms with Gasteiger partial charge in [-0.2, -0.15) is 0 Å². The smallest absolute Gasteiger partial charge is 0.167 e. The van der Waals surface area contributed by atoms with Crippen molar-refractivity contribution in [3.8, 4) is 0 Å². The Morgan fingerprint density at radius 3 is 2.69 bits per heavy atom. The van der Waals surface area contributed by atoms with Crippen molar-refractivity contribution in [1.29, 1.82) is 0 Å². The SMILES string of the molecule is CCNCCCOC(O)CN(C)C. The highest BCUT2D eigenvalue weighted by Crippen LogP contribution is 1.90. The van der Waals surface area contributed by atoms with Crippen molar-refractivity contribution in [3.63, 3.8) is 0 Å². The molecule has 2 N–H and O–H groups in total. The molecule has 13 heavy (non-hydrogen) atoms. The van der Waals surface area contributed by atoms with Crippen LogP contribution >= 0.6 is 0 Å². The first-order valence-corrected chi connectivity index (χ1v) is 4.82. The lowest BCUT2D eigenvalue weighted by Gasteiger charge is -2.16. The zero-order chi connectivity index (χ0) is 10.1. The minimum absolute atomic E-state index is 0.557. The van der Waals surface area contributed by atoms with Gasteiger partial charge in [-0.1, -0.05) is 6.92 Å². The topological polar surface area (TPSA) is 44.7 Å². The molecule has 0 aliphatic carbocycles. The molecule has 0 aliphatic heterocycles. The number of nitrogens with one attached hydrogen (secondary N) is 1. The van der Waals surface area contributed by atoms with Crippen LogP contribution in [0.5, 0.6) is 0 Å². The van der Waals surface area contributed by atoms with E-state index in [0.29, 0.717) is 13.2 Å². The summed E-state index contributed by atoms with van der Waals surface area (Å²) in [4.78, 5) is 1.90. The molecule has 0 radical (unpaired) electrons. The number of ether oxygens (including phenoxy) is 1. The summed E-state index contributed by atoms with van der Waals surface area (Å²) >= 11 is 0. The van der Waals surface area contributed by atoms with E-state index >= 15 is 0 Å². The Balaban J connectivity index is 3.12. The maximum absolute atomic E-state index is 9.29. The molecule has 0 amide bonds. The van der Waals surface area contributed by atoms with Gasteiger partial charge >= 0.3 is 0 Å². The maximum atomic E-state index is 9.29. The first-order valence-electron chi connectivity index (χ1n) is 4.82. The number of hydrogen-bond donors (Lipinski definition) is 2. The van der Waals surface area contributed by atoms with Gasteiger partial charge in [-0.05, 0) is 33.6 Å². The zero-order valence-electron chi connectivity index (χ0n) is 8.92. The molecule has 0 bridgehead atoms. The largest absolute Gasteiger partial charge is 0.367 e. The van der Waals surface area contributed by atoms with Gasteiger partial charge in [-0.15, -0.1) is 0 Å². The van der Waals surface area contributed by atoms with Crippen LogP contribution in [0.4, 0.5) is 0 Å². The van der Waals surface area contributed by atoms with E-state index in [9.17, 15) is 5.11 Å². The van der Waals surface area contributed by atoms with Crippen LogP contribution in [0.3, 0.4) is 0 Å². The third-order valence-electron chi connectivity index (χ3n) is 1.58. The van der Waals surface area contributed by atoms with Crippen LogP contribution in [-0.2, 0) is 4.74 Å². The summed E-state index contributed by atoms with van der Waals surface area (Å²) in [5.74, 6) is 0. The second kappa shape index (κ2) is 8.44. The van der Waals surface area contributed by atoms with Gasteiger partial charge in [0.2, 0.25) is 0 Å². The van der Waals surface area contributed by atoms with Crippen molar-refractivity contribution in [1.82, 2.24) is 10.2 Å². The molecule has 0 aromatic carbocycles. The fourth-order valence-corrected chi connectivity index (χ4v) is 0.958. The van der Waals surface area contributed by atoms with Crippen LogP contribution in [0, 0.1) is 0 Å². The van der Waals surface area contributed by atoms with Gasteiger partial charge in [-0.25, -0.2) is 0 Å². The number of nitrogens with zero attached hydrogens (tertiary/aromatic N) is 1. The fourth-order valence-electron chi connectivity index (χ4n) is 0.958. The van der Waals surface area contributed by atoms with E-state index in [1.807, 2.05) is 19.0 Å². The lowest BCUT2D eigenvalue weighted by Crippen LogP contribution is -2.28. The van der Waals surface area contributed by atoms with Gasteiger partial charge in [0.25, 0.3) is 0 Å². The average Bonchev–Trinajstić information content (AvgIpc) is 2.02. The molecule has 80 valence electrons. The maximum Gasteiger partial charge on any atom is 0.167 e. The van der Waals surface area contributed by atoms with Crippen LogP contribution in [0.15, 0.2) is 0 Å². The number of likely N-dealkylation sites (N-methyl/N-ethyl adjacent to an activating group) is 1. The molecule has 1 atom stereocenters. The van der Waals surface area contributed by atoms with Gasteiger partial charge in [0.1, 0.15) is 0 Å². The van der Waals surface area contributed by atoms with E-state index in [-0.39, 0.29) is 0 Å². The third kappa shape index (κ3) is 9.76. The van der Waals surface area contributed by atoms with Crippen LogP contribution in [0.1, 0.15) is 13.3 Å². The molecule has 0 saturated heterocycles. The summed E-state index contributed by atoms with van der Waals surface area (Å²) in [5, 5.41) is 12.5. The minimum atomic E-state index is -0.656. The van der Waals surface area contributed by atoms with Gasteiger partial charge in [0, 0.05) is 6.54 Å². The minimum Gasteiger partial charge on any atom is -0.367 e. The van der Waals surface area contributed by atoms with Crippen molar-refractivity contribution >= 4 is 0 Å². The van der Waals surface area contributed by atoms with E-state index in [1.165, 1.54) is 0 Å². The highest BCUT2D eigenvalue weighted by atomic mass is 16.6. The number of rotatable bonds is 8. The highest BCUT2D eigenvalue weighted by Gasteiger charge is 2.03. The van der Waals surface area contributed by atoms with Crippen LogP contribution in [-0.4, -0.2) is 56.6 Å². The molecule has 0 saturated carbocycles. The molecule has 0 fully saturated rings. The predicted octanol–water partition coefficient (Wildman–Crippen LogP) is -0.117. The van der Waals surface area contributed by atoms with E-state index in [2.05, 4.69) is 12.2 Å². The highest BCUT2D eigenvalue weighted by molar-refractivity contribution is 4.48. The van der Waals surface area contributed by atoms with Crippen molar-refractivity contribution in [3.05, 3.63) is 0 Å². The zero-order valence-corrected chi connectivity index (χ0v) is 8.92. The molecule has 1 unspecified atom stereocenters. The molecule has 0 aromatic heterocycles.